The van der Waals surface area contributed by atoms with E-state index in [1.165, 1.54) is 24.8 Å². The third kappa shape index (κ3) is 3.38. The van der Waals surface area contributed by atoms with Crippen molar-refractivity contribution < 1.29 is 0 Å². The number of pyridine rings is 1. The molecule has 0 amide bonds. The van der Waals surface area contributed by atoms with Crippen LogP contribution in [-0.4, -0.2) is 22.6 Å². The van der Waals surface area contributed by atoms with E-state index in [2.05, 4.69) is 51.2 Å². The molecule has 0 atom stereocenters. The third-order valence-corrected chi connectivity index (χ3v) is 3.97. The van der Waals surface area contributed by atoms with E-state index in [0.717, 1.165) is 37.7 Å². The van der Waals surface area contributed by atoms with Crippen LogP contribution in [0, 0.1) is 0 Å². The number of nitrogens with zero attached hydrogens (tertiary/aromatic N) is 3. The first-order chi connectivity index (χ1) is 10.4. The maximum absolute atomic E-state index is 4.57. The summed E-state index contributed by atoms with van der Waals surface area (Å²) in [6, 6.07) is 6.32. The molecule has 1 fully saturated rings. The maximum atomic E-state index is 4.57. The van der Waals surface area contributed by atoms with E-state index < -0.39 is 0 Å². The second-order valence-corrected chi connectivity index (χ2v) is 5.68. The van der Waals surface area contributed by atoms with Gasteiger partial charge in [0, 0.05) is 44.8 Å². The summed E-state index contributed by atoms with van der Waals surface area (Å²) in [5, 5.41) is 3.54. The minimum Gasteiger partial charge on any atom is -0.378 e. The van der Waals surface area contributed by atoms with Gasteiger partial charge in [-0.05, 0) is 43.0 Å². The van der Waals surface area contributed by atoms with Gasteiger partial charge >= 0.3 is 0 Å². The van der Waals surface area contributed by atoms with Gasteiger partial charge in [0.25, 0.3) is 0 Å². The summed E-state index contributed by atoms with van der Waals surface area (Å²) in [5.74, 6) is 1.10. The molecule has 0 spiro atoms. The van der Waals surface area contributed by atoms with E-state index >= 15 is 0 Å². The van der Waals surface area contributed by atoms with Crippen molar-refractivity contribution in [3.8, 4) is 0 Å². The van der Waals surface area contributed by atoms with Gasteiger partial charge in [0.15, 0.2) is 5.82 Å². The van der Waals surface area contributed by atoms with Gasteiger partial charge in [-0.15, -0.1) is 0 Å². The molecule has 0 bridgehead atoms. The number of aromatic nitrogens is 2. The first-order valence-electron chi connectivity index (χ1n) is 7.95. The zero-order chi connectivity index (χ0) is 14.5. The molecule has 2 aromatic heterocycles. The monoisotopic (exact) mass is 284 g/mol. The van der Waals surface area contributed by atoms with Crippen molar-refractivity contribution >= 4 is 11.5 Å². The average molecular weight is 284 g/mol. The van der Waals surface area contributed by atoms with E-state index in [9.17, 15) is 0 Å². The first kappa shape index (κ1) is 14.0. The molecule has 1 aliphatic rings. The van der Waals surface area contributed by atoms with Crippen LogP contribution in [0.3, 0.4) is 0 Å². The highest BCUT2D eigenvalue weighted by Gasteiger charge is 2.16. The van der Waals surface area contributed by atoms with Crippen LogP contribution in [0.15, 0.2) is 36.8 Å². The quantitative estimate of drug-likeness (QED) is 0.881. The summed E-state index contributed by atoms with van der Waals surface area (Å²) < 4.78 is 2.25. The highest BCUT2D eigenvalue weighted by atomic mass is 15.2. The van der Waals surface area contributed by atoms with E-state index in [0.29, 0.717) is 0 Å². The van der Waals surface area contributed by atoms with Gasteiger partial charge < -0.3 is 14.8 Å². The van der Waals surface area contributed by atoms with Crippen LogP contribution in [-0.2, 0) is 13.1 Å². The van der Waals surface area contributed by atoms with Crippen molar-refractivity contribution in [2.75, 3.05) is 23.3 Å². The van der Waals surface area contributed by atoms with Crippen molar-refractivity contribution in [2.45, 2.75) is 39.3 Å². The molecule has 1 N–H and O–H groups in total. The first-order valence-corrected chi connectivity index (χ1v) is 7.95. The molecule has 3 heterocycles. The highest BCUT2D eigenvalue weighted by molar-refractivity contribution is 5.65. The van der Waals surface area contributed by atoms with Crippen molar-refractivity contribution in [1.82, 2.24) is 9.55 Å². The predicted molar refractivity (Wildman–Crippen MR) is 87.7 cm³/mol. The number of hydrogen-bond donors (Lipinski definition) is 1. The Labute approximate surface area is 126 Å². The Balaban J connectivity index is 1.66. The molecule has 4 heteroatoms. The average Bonchev–Trinajstić information content (AvgIpc) is 3.17. The molecule has 1 aliphatic heterocycles. The smallest absolute Gasteiger partial charge is 0.151 e. The van der Waals surface area contributed by atoms with Gasteiger partial charge in [0.1, 0.15) is 0 Å². The number of hydrogen-bond acceptors (Lipinski definition) is 3. The lowest BCUT2D eigenvalue weighted by atomic mass is 10.3. The molecule has 1 saturated heterocycles. The summed E-state index contributed by atoms with van der Waals surface area (Å²) in [6.07, 6.45) is 9.99. The molecule has 3 rings (SSSR count). The lowest BCUT2D eigenvalue weighted by Crippen LogP contribution is -2.20. The predicted octanol–water partition coefficient (Wildman–Crippen LogP) is 3.51. The van der Waals surface area contributed by atoms with E-state index in [1.54, 1.807) is 0 Å². The van der Waals surface area contributed by atoms with Crippen LogP contribution in [0.25, 0.3) is 0 Å². The largest absolute Gasteiger partial charge is 0.378 e. The molecular formula is C17H24N4. The molecule has 0 radical (unpaired) electrons. The molecule has 0 unspecified atom stereocenters. The standard InChI is InChI=1S/C17H24N4/c1-2-9-20-12-7-15(14-20)13-19-16-6-5-8-18-17(16)21-10-3-4-11-21/h5-8,12,14,19H,2-4,9-11,13H2,1H3. The fourth-order valence-electron chi connectivity index (χ4n) is 2.91. The number of rotatable bonds is 6. The lowest BCUT2D eigenvalue weighted by Gasteiger charge is -2.20. The normalized spacial score (nSPS) is 14.6. The zero-order valence-corrected chi connectivity index (χ0v) is 12.8. The highest BCUT2D eigenvalue weighted by Crippen LogP contribution is 2.26. The Morgan fingerprint density at radius 2 is 2.10 bits per heavy atom. The molecule has 0 aliphatic carbocycles. The molecule has 112 valence electrons. The van der Waals surface area contributed by atoms with E-state index in [1.807, 2.05) is 12.3 Å². The summed E-state index contributed by atoms with van der Waals surface area (Å²) in [7, 11) is 0. The van der Waals surface area contributed by atoms with Gasteiger partial charge in [-0.2, -0.15) is 0 Å². The maximum Gasteiger partial charge on any atom is 0.151 e. The fraction of sp³-hybridized carbons (Fsp3) is 0.471. The lowest BCUT2D eigenvalue weighted by molar-refractivity contribution is 0.681. The number of aryl methyl sites for hydroxylation is 1. The Morgan fingerprint density at radius 3 is 2.90 bits per heavy atom. The van der Waals surface area contributed by atoms with Crippen LogP contribution < -0.4 is 10.2 Å². The molecule has 0 aromatic carbocycles. The van der Waals surface area contributed by atoms with Crippen LogP contribution in [0.4, 0.5) is 11.5 Å². The van der Waals surface area contributed by atoms with Crippen LogP contribution in [0.2, 0.25) is 0 Å². The summed E-state index contributed by atoms with van der Waals surface area (Å²) >= 11 is 0. The Hall–Kier alpha value is -1.97. The van der Waals surface area contributed by atoms with E-state index in [4.69, 9.17) is 0 Å². The Morgan fingerprint density at radius 1 is 1.24 bits per heavy atom. The van der Waals surface area contributed by atoms with Crippen LogP contribution >= 0.6 is 0 Å². The fourth-order valence-corrected chi connectivity index (χ4v) is 2.91. The second kappa shape index (κ2) is 6.66. The van der Waals surface area contributed by atoms with Crippen molar-refractivity contribution in [3.05, 3.63) is 42.4 Å². The number of anilines is 2. The van der Waals surface area contributed by atoms with Crippen molar-refractivity contribution in [2.24, 2.45) is 0 Å². The topological polar surface area (TPSA) is 33.1 Å². The molecule has 21 heavy (non-hydrogen) atoms. The van der Waals surface area contributed by atoms with Gasteiger partial charge in [-0.25, -0.2) is 4.98 Å². The van der Waals surface area contributed by atoms with Crippen molar-refractivity contribution in [3.63, 3.8) is 0 Å². The van der Waals surface area contributed by atoms with Crippen molar-refractivity contribution in [1.29, 1.82) is 0 Å². The van der Waals surface area contributed by atoms with Gasteiger partial charge in [-0.1, -0.05) is 6.92 Å². The minimum absolute atomic E-state index is 0.850. The summed E-state index contributed by atoms with van der Waals surface area (Å²) in [4.78, 5) is 6.95. The van der Waals surface area contributed by atoms with Crippen LogP contribution in [0.1, 0.15) is 31.7 Å². The molecule has 2 aromatic rings. The minimum atomic E-state index is 0.850. The van der Waals surface area contributed by atoms with Gasteiger partial charge in [0.05, 0.1) is 5.69 Å². The number of nitrogens with one attached hydrogen (secondary N) is 1. The van der Waals surface area contributed by atoms with E-state index in [-0.39, 0.29) is 0 Å². The summed E-state index contributed by atoms with van der Waals surface area (Å²) in [5.41, 5.74) is 2.46. The zero-order valence-electron chi connectivity index (χ0n) is 12.8. The van der Waals surface area contributed by atoms with Gasteiger partial charge in [-0.3, -0.25) is 0 Å². The third-order valence-electron chi connectivity index (χ3n) is 3.97. The van der Waals surface area contributed by atoms with Crippen LogP contribution in [0.5, 0.6) is 0 Å². The SMILES string of the molecule is CCCn1ccc(CNc2cccnc2N2CCCC2)c1. The second-order valence-electron chi connectivity index (χ2n) is 5.68. The molecule has 0 saturated carbocycles. The molecule has 4 nitrogen and oxygen atoms in total. The summed E-state index contributed by atoms with van der Waals surface area (Å²) in [6.45, 7) is 6.39. The Kier molecular flexibility index (Phi) is 4.43. The molecular weight excluding hydrogens is 260 g/mol. The Bertz CT molecular complexity index is 570. The van der Waals surface area contributed by atoms with Gasteiger partial charge in [0.2, 0.25) is 0 Å².